The Kier molecular flexibility index (Phi) is 5.06. The SMILES string of the molecule is CC1(C)OC(=O)C2C3CC(OCCOCCN4CCOCC4)C(C3)C21. The molecule has 4 fully saturated rings. The summed E-state index contributed by atoms with van der Waals surface area (Å²) in [5.41, 5.74) is -0.335. The molecule has 0 N–H and O–H groups in total. The fourth-order valence-electron chi connectivity index (χ4n) is 5.55. The zero-order valence-electron chi connectivity index (χ0n) is 15.4. The van der Waals surface area contributed by atoms with Gasteiger partial charge in [-0.1, -0.05) is 0 Å². The highest BCUT2D eigenvalue weighted by Crippen LogP contribution is 2.60. The van der Waals surface area contributed by atoms with E-state index in [4.69, 9.17) is 18.9 Å². The first-order valence-corrected chi connectivity index (χ1v) is 9.78. The third-order valence-electron chi connectivity index (χ3n) is 6.60. The van der Waals surface area contributed by atoms with Gasteiger partial charge in [0.1, 0.15) is 5.60 Å². The molecule has 2 heterocycles. The Labute approximate surface area is 150 Å². The number of cyclic esters (lactones) is 1. The van der Waals surface area contributed by atoms with Gasteiger partial charge >= 0.3 is 5.97 Å². The van der Waals surface area contributed by atoms with E-state index in [2.05, 4.69) is 18.7 Å². The van der Waals surface area contributed by atoms with E-state index in [1.165, 1.54) is 0 Å². The van der Waals surface area contributed by atoms with E-state index in [9.17, 15) is 4.79 Å². The van der Waals surface area contributed by atoms with Gasteiger partial charge in [0.2, 0.25) is 0 Å². The van der Waals surface area contributed by atoms with Crippen LogP contribution in [-0.4, -0.2) is 75.2 Å². The zero-order chi connectivity index (χ0) is 17.4. The van der Waals surface area contributed by atoms with Crippen molar-refractivity contribution in [1.29, 1.82) is 0 Å². The van der Waals surface area contributed by atoms with Crippen LogP contribution in [0.1, 0.15) is 26.7 Å². The normalized spacial score (nSPS) is 39.6. The number of nitrogens with zero attached hydrogens (tertiary/aromatic N) is 1. The minimum atomic E-state index is -0.335. The molecule has 2 bridgehead atoms. The van der Waals surface area contributed by atoms with Gasteiger partial charge in [-0.05, 0) is 38.5 Å². The summed E-state index contributed by atoms with van der Waals surface area (Å²) < 4.78 is 22.8. The molecule has 0 spiro atoms. The van der Waals surface area contributed by atoms with Gasteiger partial charge < -0.3 is 18.9 Å². The maximum Gasteiger partial charge on any atom is 0.310 e. The minimum Gasteiger partial charge on any atom is -0.459 e. The molecule has 4 rings (SSSR count). The topological polar surface area (TPSA) is 57.2 Å². The maximum atomic E-state index is 12.1. The lowest BCUT2D eigenvalue weighted by Crippen LogP contribution is -2.41. The molecule has 0 aromatic rings. The number of carbonyl (C=O) groups is 1. The Morgan fingerprint density at radius 1 is 1.16 bits per heavy atom. The predicted molar refractivity (Wildman–Crippen MR) is 91.2 cm³/mol. The molecule has 0 aromatic carbocycles. The summed E-state index contributed by atoms with van der Waals surface area (Å²) >= 11 is 0. The van der Waals surface area contributed by atoms with Gasteiger partial charge in [0.15, 0.2) is 0 Å². The molecule has 2 saturated carbocycles. The first-order valence-electron chi connectivity index (χ1n) is 9.78. The fraction of sp³-hybridized carbons (Fsp3) is 0.947. The molecule has 2 saturated heterocycles. The number of hydrogen-bond donors (Lipinski definition) is 0. The third kappa shape index (κ3) is 3.46. The molecule has 4 aliphatic rings. The number of esters is 1. The van der Waals surface area contributed by atoms with Crippen molar-refractivity contribution >= 4 is 5.97 Å². The van der Waals surface area contributed by atoms with E-state index in [0.29, 0.717) is 31.0 Å². The van der Waals surface area contributed by atoms with Crippen molar-refractivity contribution in [1.82, 2.24) is 4.90 Å². The number of morpholine rings is 1. The van der Waals surface area contributed by atoms with Gasteiger partial charge in [-0.2, -0.15) is 0 Å². The lowest BCUT2D eigenvalue weighted by atomic mass is 9.72. The molecule has 5 atom stereocenters. The van der Waals surface area contributed by atoms with Crippen LogP contribution < -0.4 is 0 Å². The average molecular weight is 353 g/mol. The van der Waals surface area contributed by atoms with Crippen molar-refractivity contribution < 1.29 is 23.7 Å². The summed E-state index contributed by atoms with van der Waals surface area (Å²) in [6.45, 7) is 10.8. The highest BCUT2D eigenvalue weighted by atomic mass is 16.6. The van der Waals surface area contributed by atoms with E-state index in [-0.39, 0.29) is 23.6 Å². The molecule has 6 heteroatoms. The van der Waals surface area contributed by atoms with Crippen LogP contribution in [0.4, 0.5) is 0 Å². The van der Waals surface area contributed by atoms with Gasteiger partial charge in [-0.15, -0.1) is 0 Å². The number of rotatable bonds is 7. The van der Waals surface area contributed by atoms with E-state index in [0.717, 1.165) is 52.3 Å². The molecular formula is C19H31NO5. The third-order valence-corrected chi connectivity index (χ3v) is 6.60. The van der Waals surface area contributed by atoms with Crippen LogP contribution in [-0.2, 0) is 23.7 Å². The smallest absolute Gasteiger partial charge is 0.310 e. The van der Waals surface area contributed by atoms with Gasteiger partial charge in [0, 0.05) is 25.6 Å². The summed E-state index contributed by atoms with van der Waals surface area (Å²) in [6, 6.07) is 0. The summed E-state index contributed by atoms with van der Waals surface area (Å²) in [5, 5.41) is 0. The number of carbonyl (C=O) groups excluding carboxylic acids is 1. The average Bonchev–Trinajstić information content (AvgIpc) is 3.23. The monoisotopic (exact) mass is 353 g/mol. The molecule has 0 radical (unpaired) electrons. The number of fused-ring (bicyclic) bond motifs is 5. The van der Waals surface area contributed by atoms with Crippen LogP contribution in [0.25, 0.3) is 0 Å². The second kappa shape index (κ2) is 7.14. The molecule has 2 aliphatic carbocycles. The van der Waals surface area contributed by atoms with Crippen molar-refractivity contribution in [2.45, 2.75) is 38.4 Å². The van der Waals surface area contributed by atoms with Crippen LogP contribution >= 0.6 is 0 Å². The summed E-state index contributed by atoms with van der Waals surface area (Å²) in [4.78, 5) is 14.5. The molecular weight excluding hydrogens is 322 g/mol. The predicted octanol–water partition coefficient (Wildman–Crippen LogP) is 1.33. The zero-order valence-corrected chi connectivity index (χ0v) is 15.4. The second-order valence-electron chi connectivity index (χ2n) is 8.45. The highest BCUT2D eigenvalue weighted by molar-refractivity contribution is 5.77. The van der Waals surface area contributed by atoms with Crippen LogP contribution in [0.15, 0.2) is 0 Å². The second-order valence-corrected chi connectivity index (χ2v) is 8.45. The molecule has 0 aromatic heterocycles. The van der Waals surface area contributed by atoms with Crippen LogP contribution in [0.3, 0.4) is 0 Å². The van der Waals surface area contributed by atoms with Crippen molar-refractivity contribution in [3.8, 4) is 0 Å². The molecule has 2 aliphatic heterocycles. The number of hydrogen-bond acceptors (Lipinski definition) is 6. The van der Waals surface area contributed by atoms with Crippen LogP contribution in [0, 0.1) is 23.7 Å². The quantitative estimate of drug-likeness (QED) is 0.508. The Morgan fingerprint density at radius 2 is 1.96 bits per heavy atom. The Morgan fingerprint density at radius 3 is 2.76 bits per heavy atom. The van der Waals surface area contributed by atoms with Crippen molar-refractivity contribution in [2.75, 3.05) is 52.7 Å². The van der Waals surface area contributed by atoms with E-state index >= 15 is 0 Å². The Bertz CT molecular complexity index is 490. The van der Waals surface area contributed by atoms with Gasteiger partial charge in [-0.25, -0.2) is 0 Å². The van der Waals surface area contributed by atoms with Gasteiger partial charge in [0.25, 0.3) is 0 Å². The highest BCUT2D eigenvalue weighted by Gasteiger charge is 2.65. The first-order chi connectivity index (χ1) is 12.1. The molecule has 25 heavy (non-hydrogen) atoms. The summed E-state index contributed by atoms with van der Waals surface area (Å²) in [7, 11) is 0. The standard InChI is InChI=1S/C19H31NO5/c1-19(2)17-14-11-13(16(17)18(21)25-19)12-15(14)24-10-9-23-8-5-20-3-6-22-7-4-20/h13-17H,3-12H2,1-2H3. The molecule has 6 nitrogen and oxygen atoms in total. The summed E-state index contributed by atoms with van der Waals surface area (Å²) in [6.07, 6.45) is 2.39. The van der Waals surface area contributed by atoms with Gasteiger partial charge in [-0.3, -0.25) is 9.69 Å². The molecule has 142 valence electrons. The number of ether oxygens (including phenoxy) is 4. The molecule has 5 unspecified atom stereocenters. The molecule has 0 amide bonds. The van der Waals surface area contributed by atoms with Crippen molar-refractivity contribution in [3.05, 3.63) is 0 Å². The maximum absolute atomic E-state index is 12.1. The van der Waals surface area contributed by atoms with Crippen molar-refractivity contribution in [2.24, 2.45) is 23.7 Å². The minimum absolute atomic E-state index is 0.0207. The largest absolute Gasteiger partial charge is 0.459 e. The van der Waals surface area contributed by atoms with Gasteiger partial charge in [0.05, 0.1) is 45.1 Å². The lowest BCUT2D eigenvalue weighted by molar-refractivity contribution is -0.150. The lowest BCUT2D eigenvalue weighted by Gasteiger charge is -2.35. The Hall–Kier alpha value is -0.690. The van der Waals surface area contributed by atoms with Crippen molar-refractivity contribution in [3.63, 3.8) is 0 Å². The Balaban J connectivity index is 1.16. The summed E-state index contributed by atoms with van der Waals surface area (Å²) in [5.74, 6) is 1.38. The van der Waals surface area contributed by atoms with E-state index in [1.807, 2.05) is 0 Å². The van der Waals surface area contributed by atoms with Crippen LogP contribution in [0.5, 0.6) is 0 Å². The van der Waals surface area contributed by atoms with E-state index in [1.54, 1.807) is 0 Å². The fourth-order valence-corrected chi connectivity index (χ4v) is 5.55. The first kappa shape index (κ1) is 17.7. The van der Waals surface area contributed by atoms with Crippen LogP contribution in [0.2, 0.25) is 0 Å². The van der Waals surface area contributed by atoms with E-state index < -0.39 is 0 Å².